The summed E-state index contributed by atoms with van der Waals surface area (Å²) >= 11 is 0. The summed E-state index contributed by atoms with van der Waals surface area (Å²) in [5.41, 5.74) is 0. The first-order valence-corrected chi connectivity index (χ1v) is 37.6. The Morgan fingerprint density at radius 2 is 0.753 bits per heavy atom. The van der Waals surface area contributed by atoms with Gasteiger partial charge >= 0.3 is 0 Å². The van der Waals surface area contributed by atoms with Crippen molar-refractivity contribution in [2.45, 2.75) is 364 Å². The van der Waals surface area contributed by atoms with Crippen LogP contribution in [-0.2, 0) is 23.7 Å². The number of nitrogens with one attached hydrogen (secondary N) is 1. The summed E-state index contributed by atoms with van der Waals surface area (Å²) in [4.78, 5) is 13.3. The number of hydrogen-bond acceptors (Lipinski definition) is 13. The molecule has 0 aliphatic carbocycles. The molecule has 1 amide bonds. The van der Waals surface area contributed by atoms with Crippen LogP contribution in [0.15, 0.2) is 109 Å². The van der Waals surface area contributed by atoms with Crippen LogP contribution in [0, 0.1) is 0 Å². The lowest BCUT2D eigenvalue weighted by molar-refractivity contribution is -0.359. The van der Waals surface area contributed by atoms with Crippen molar-refractivity contribution in [2.24, 2.45) is 0 Å². The summed E-state index contributed by atoms with van der Waals surface area (Å²) in [7, 11) is 0. The van der Waals surface area contributed by atoms with E-state index in [0.717, 1.165) is 77.0 Å². The zero-order chi connectivity index (χ0) is 67.3. The highest BCUT2D eigenvalue weighted by molar-refractivity contribution is 5.76. The van der Waals surface area contributed by atoms with E-state index < -0.39 is 86.8 Å². The zero-order valence-electron chi connectivity index (χ0n) is 58.5. The van der Waals surface area contributed by atoms with Crippen LogP contribution in [0.3, 0.4) is 0 Å². The highest BCUT2D eigenvalue weighted by Crippen LogP contribution is 2.30. The summed E-state index contributed by atoms with van der Waals surface area (Å²) in [6.45, 7) is 2.68. The van der Waals surface area contributed by atoms with Gasteiger partial charge in [-0.25, -0.2) is 0 Å². The maximum absolute atomic E-state index is 13.3. The molecule has 2 aliphatic heterocycles. The molecule has 0 aromatic carbocycles. The second kappa shape index (κ2) is 62.2. The van der Waals surface area contributed by atoms with Gasteiger partial charge in [0.1, 0.15) is 48.8 Å². The summed E-state index contributed by atoms with van der Waals surface area (Å²) < 4.78 is 22.8. The molecule has 0 saturated carbocycles. The van der Waals surface area contributed by atoms with E-state index in [1.807, 2.05) is 6.08 Å². The fourth-order valence-electron chi connectivity index (χ4n) is 11.8. The van der Waals surface area contributed by atoms with Gasteiger partial charge in [-0.05, 0) is 89.9 Å². The molecule has 12 atom stereocenters. The number of amides is 1. The van der Waals surface area contributed by atoms with E-state index in [1.54, 1.807) is 6.08 Å². The van der Waals surface area contributed by atoms with Crippen molar-refractivity contribution in [2.75, 3.05) is 19.8 Å². The van der Waals surface area contributed by atoms with E-state index >= 15 is 0 Å². The summed E-state index contributed by atoms with van der Waals surface area (Å²) in [5.74, 6) is -0.248. The van der Waals surface area contributed by atoms with Crippen molar-refractivity contribution < 1.29 is 64.6 Å². The molecule has 2 aliphatic rings. The van der Waals surface area contributed by atoms with Gasteiger partial charge in [0.15, 0.2) is 12.6 Å². The van der Waals surface area contributed by atoms with Gasteiger partial charge in [0.2, 0.25) is 5.91 Å². The van der Waals surface area contributed by atoms with Gasteiger partial charge in [0.05, 0.1) is 32.0 Å². The predicted molar refractivity (Wildman–Crippen MR) is 382 cm³/mol. The van der Waals surface area contributed by atoms with Crippen LogP contribution in [-0.4, -0.2) is 140 Å². The van der Waals surface area contributed by atoms with Crippen LogP contribution in [0.5, 0.6) is 0 Å². The second-order valence-corrected chi connectivity index (χ2v) is 26.0. The molecule has 2 heterocycles. The van der Waals surface area contributed by atoms with Crippen molar-refractivity contribution in [1.82, 2.24) is 5.32 Å². The zero-order valence-corrected chi connectivity index (χ0v) is 58.5. The van der Waals surface area contributed by atoms with E-state index in [4.69, 9.17) is 18.9 Å². The number of hydrogen-bond donors (Lipinski definition) is 9. The number of carbonyl (C=O) groups excluding carboxylic acids is 1. The van der Waals surface area contributed by atoms with Crippen LogP contribution in [0.4, 0.5) is 0 Å². The van der Waals surface area contributed by atoms with Crippen molar-refractivity contribution in [3.63, 3.8) is 0 Å². The Labute approximate surface area is 566 Å². The highest BCUT2D eigenvalue weighted by atomic mass is 16.7. The quantitative estimate of drug-likeness (QED) is 0.0204. The summed E-state index contributed by atoms with van der Waals surface area (Å²) in [6, 6.07) is -0.936. The first-order valence-electron chi connectivity index (χ1n) is 37.6. The Balaban J connectivity index is 1.59. The van der Waals surface area contributed by atoms with Crippen molar-refractivity contribution in [1.29, 1.82) is 0 Å². The first kappa shape index (κ1) is 85.7. The van der Waals surface area contributed by atoms with E-state index in [2.05, 4.69) is 116 Å². The molecule has 93 heavy (non-hydrogen) atoms. The van der Waals surface area contributed by atoms with Crippen LogP contribution < -0.4 is 5.32 Å². The number of carbonyl (C=O) groups is 1. The topological polar surface area (TPSA) is 228 Å². The molecule has 14 nitrogen and oxygen atoms in total. The van der Waals surface area contributed by atoms with Crippen LogP contribution in [0.25, 0.3) is 0 Å². The summed E-state index contributed by atoms with van der Waals surface area (Å²) in [6.07, 6.45) is 73.1. The van der Waals surface area contributed by atoms with Crippen LogP contribution in [0.2, 0.25) is 0 Å². The third-order valence-corrected chi connectivity index (χ3v) is 17.7. The molecule has 0 spiro atoms. The highest BCUT2D eigenvalue weighted by Gasteiger charge is 2.51. The van der Waals surface area contributed by atoms with Gasteiger partial charge in [-0.2, -0.15) is 0 Å². The first-order chi connectivity index (χ1) is 45.6. The Morgan fingerprint density at radius 3 is 1.18 bits per heavy atom. The third kappa shape index (κ3) is 45.7. The maximum Gasteiger partial charge on any atom is 0.220 e. The minimum atomic E-state index is -1.79. The lowest BCUT2D eigenvalue weighted by Crippen LogP contribution is -2.65. The molecule has 2 fully saturated rings. The van der Waals surface area contributed by atoms with E-state index in [-0.39, 0.29) is 18.9 Å². The standard InChI is InChI=1S/C79H137NO13/c1-3-5-7-9-11-13-15-17-19-21-23-24-25-26-27-28-29-30-31-32-33-34-35-36-37-38-39-40-41-42-43-44-45-47-49-51-53-55-57-59-61-63-71(84)80-67(68(83)62-60-58-56-54-52-50-48-46-22-20-18-16-14-12-10-8-6-4-2)66-90-78-76(89)74(87)77(70(65-82)92-78)93-79-75(88)73(86)72(85)69(64-81)91-79/h5,7,11,13,17,19,23-24,26-27,29-30,32-33,52,54,60,62,67-70,72-79,81-83,85-89H,3-4,6,8-10,12,14-16,18,20-22,25,28,31,34-51,53,55-59,61,63-66H2,1-2H3,(H,80,84)/b7-5-,13-11-,19-17-,24-23-,27-26-,30-29-,33-32-,54-52+,62-60+. The van der Waals surface area contributed by atoms with Gasteiger partial charge in [-0.15, -0.1) is 0 Å². The maximum atomic E-state index is 13.3. The van der Waals surface area contributed by atoms with E-state index in [9.17, 15) is 45.6 Å². The molecule has 2 rings (SSSR count). The second-order valence-electron chi connectivity index (χ2n) is 26.0. The molecule has 14 heteroatoms. The number of ether oxygens (including phenoxy) is 4. The van der Waals surface area contributed by atoms with Gasteiger partial charge in [-0.1, -0.05) is 303 Å². The Kier molecular flexibility index (Phi) is 57.3. The molecule has 12 unspecified atom stereocenters. The molecule has 2 saturated heterocycles. The van der Waals surface area contributed by atoms with Gasteiger partial charge < -0.3 is 65.1 Å². The Morgan fingerprint density at radius 1 is 0.398 bits per heavy atom. The predicted octanol–water partition coefficient (Wildman–Crippen LogP) is 16.3. The number of aliphatic hydroxyl groups excluding tert-OH is 8. The van der Waals surface area contributed by atoms with E-state index in [1.165, 1.54) is 180 Å². The number of allylic oxidation sites excluding steroid dienone is 17. The Bertz CT molecular complexity index is 1980. The van der Waals surface area contributed by atoms with Crippen molar-refractivity contribution >= 4 is 5.91 Å². The lowest BCUT2D eigenvalue weighted by atomic mass is 9.97. The minimum Gasteiger partial charge on any atom is -0.394 e. The molecule has 0 aromatic rings. The SMILES string of the molecule is CC/C=C\C/C=C\C/C=C\C/C=C\C/C=C\C/C=C\C/C=C\CCCCCCCCCCCCCCCCCCCCCC(=O)NC(COC1OC(CO)C(OC2OC(CO)C(O)C(O)C2O)C(O)C1O)C(O)/C=C/CC/C=C/CCCCCCCCCCCCCC. The van der Waals surface area contributed by atoms with Gasteiger partial charge in [0.25, 0.3) is 0 Å². The molecule has 0 aromatic heterocycles. The van der Waals surface area contributed by atoms with E-state index in [0.29, 0.717) is 12.8 Å². The number of aliphatic hydroxyl groups is 8. The number of unbranched alkanes of at least 4 members (excludes halogenated alkanes) is 32. The lowest BCUT2D eigenvalue weighted by Gasteiger charge is -2.46. The molecule has 0 bridgehead atoms. The smallest absolute Gasteiger partial charge is 0.220 e. The number of rotatable bonds is 61. The molecule has 9 N–H and O–H groups in total. The Hall–Kier alpha value is -3.35. The summed E-state index contributed by atoms with van der Waals surface area (Å²) in [5, 5.41) is 87.4. The average Bonchev–Trinajstić information content (AvgIpc) is 0.958. The molecule has 0 radical (unpaired) electrons. The monoisotopic (exact) mass is 1310 g/mol. The van der Waals surface area contributed by atoms with Gasteiger partial charge in [0, 0.05) is 6.42 Å². The van der Waals surface area contributed by atoms with Gasteiger partial charge in [-0.3, -0.25) is 4.79 Å². The van der Waals surface area contributed by atoms with Crippen molar-refractivity contribution in [3.05, 3.63) is 109 Å². The van der Waals surface area contributed by atoms with Crippen LogP contribution >= 0.6 is 0 Å². The largest absolute Gasteiger partial charge is 0.394 e. The normalized spacial score (nSPS) is 23.2. The third-order valence-electron chi connectivity index (χ3n) is 17.7. The molecule has 536 valence electrons. The molecular formula is C79H137NO13. The minimum absolute atomic E-state index is 0.248. The fourth-order valence-corrected chi connectivity index (χ4v) is 11.8. The van der Waals surface area contributed by atoms with Crippen LogP contribution in [0.1, 0.15) is 290 Å². The molecular weight excluding hydrogens is 1170 g/mol. The fraction of sp³-hybridized carbons (Fsp3) is 0.759. The van der Waals surface area contributed by atoms with Crippen molar-refractivity contribution in [3.8, 4) is 0 Å². The average molecular weight is 1310 g/mol.